The molecule has 0 spiro atoms. The molecule has 1 aromatic rings. The highest BCUT2D eigenvalue weighted by Gasteiger charge is 2.33. The molecule has 122 valence electrons. The molecule has 0 saturated carbocycles. The molecule has 6 nitrogen and oxygen atoms in total. The first-order valence-electron chi connectivity index (χ1n) is 7.90. The fraction of sp³-hybridized carbons (Fsp3) is 0.733. The van der Waals surface area contributed by atoms with Gasteiger partial charge in [0, 0.05) is 44.6 Å². The largest absolute Gasteiger partial charge is 0.375 e. The molecule has 0 bridgehead atoms. The third-order valence-corrected chi connectivity index (χ3v) is 5.14. The Bertz CT molecular complexity index is 513. The lowest BCUT2D eigenvalue weighted by Crippen LogP contribution is -2.59. The minimum Gasteiger partial charge on any atom is -0.375 e. The van der Waals surface area contributed by atoms with E-state index in [2.05, 4.69) is 20.6 Å². The van der Waals surface area contributed by atoms with Crippen molar-refractivity contribution in [2.45, 2.75) is 32.5 Å². The van der Waals surface area contributed by atoms with E-state index in [0.29, 0.717) is 6.61 Å². The Morgan fingerprint density at radius 1 is 1.45 bits per heavy atom. The van der Waals surface area contributed by atoms with Gasteiger partial charge in [0.15, 0.2) is 0 Å². The van der Waals surface area contributed by atoms with E-state index in [1.165, 1.54) is 0 Å². The number of rotatable bonds is 3. The molecule has 1 amide bonds. The summed E-state index contributed by atoms with van der Waals surface area (Å²) in [7, 11) is 0. The average molecular weight is 324 g/mol. The number of nitrogens with zero attached hydrogens (tertiary/aromatic N) is 3. The Labute approximate surface area is 135 Å². The zero-order valence-electron chi connectivity index (χ0n) is 13.2. The number of hydrogen-bond acceptors (Lipinski definition) is 6. The number of thiazole rings is 1. The minimum atomic E-state index is -0.193. The van der Waals surface area contributed by atoms with Gasteiger partial charge in [0.1, 0.15) is 6.04 Å². The van der Waals surface area contributed by atoms with Gasteiger partial charge in [-0.2, -0.15) is 0 Å². The predicted molar refractivity (Wildman–Crippen MR) is 85.9 cm³/mol. The van der Waals surface area contributed by atoms with Crippen molar-refractivity contribution in [2.24, 2.45) is 0 Å². The zero-order valence-corrected chi connectivity index (χ0v) is 14.1. The SMILES string of the molecule is Cc1nc(CN2CCN(C(=O)[C@H]3NCCO[C@@H]3C)CC2)cs1. The van der Waals surface area contributed by atoms with Gasteiger partial charge in [0.2, 0.25) is 5.91 Å². The Morgan fingerprint density at radius 3 is 2.86 bits per heavy atom. The highest BCUT2D eigenvalue weighted by molar-refractivity contribution is 7.09. The molecule has 0 radical (unpaired) electrons. The van der Waals surface area contributed by atoms with Gasteiger partial charge in [-0.1, -0.05) is 0 Å². The summed E-state index contributed by atoms with van der Waals surface area (Å²) >= 11 is 1.69. The summed E-state index contributed by atoms with van der Waals surface area (Å²) in [4.78, 5) is 21.4. The number of carbonyl (C=O) groups is 1. The molecule has 3 heterocycles. The molecule has 1 N–H and O–H groups in total. The van der Waals surface area contributed by atoms with E-state index in [0.717, 1.165) is 50.0 Å². The third kappa shape index (κ3) is 3.65. The first-order valence-corrected chi connectivity index (χ1v) is 8.78. The maximum atomic E-state index is 12.6. The smallest absolute Gasteiger partial charge is 0.242 e. The summed E-state index contributed by atoms with van der Waals surface area (Å²) in [6, 6.07) is -0.193. The molecule has 2 aliphatic heterocycles. The van der Waals surface area contributed by atoms with E-state index in [1.807, 2.05) is 18.7 Å². The number of nitrogens with one attached hydrogen (secondary N) is 1. The summed E-state index contributed by atoms with van der Waals surface area (Å²) in [5.41, 5.74) is 1.14. The zero-order chi connectivity index (χ0) is 15.5. The number of hydrogen-bond donors (Lipinski definition) is 1. The molecule has 1 aromatic heterocycles. The van der Waals surface area contributed by atoms with Crippen LogP contribution in [0.25, 0.3) is 0 Å². The monoisotopic (exact) mass is 324 g/mol. The highest BCUT2D eigenvalue weighted by Crippen LogP contribution is 2.14. The Hall–Kier alpha value is -1.02. The van der Waals surface area contributed by atoms with Gasteiger partial charge in [-0.15, -0.1) is 11.3 Å². The maximum absolute atomic E-state index is 12.6. The van der Waals surface area contributed by atoms with Crippen molar-refractivity contribution in [3.05, 3.63) is 16.1 Å². The lowest BCUT2D eigenvalue weighted by atomic mass is 10.1. The molecular weight excluding hydrogens is 300 g/mol. The Kier molecular flexibility index (Phi) is 5.07. The van der Waals surface area contributed by atoms with Crippen molar-refractivity contribution in [3.63, 3.8) is 0 Å². The van der Waals surface area contributed by atoms with Gasteiger partial charge in [-0.3, -0.25) is 9.69 Å². The summed E-state index contributed by atoms with van der Waals surface area (Å²) in [6.07, 6.45) is -0.0442. The van der Waals surface area contributed by atoms with E-state index in [4.69, 9.17) is 4.74 Å². The van der Waals surface area contributed by atoms with Crippen molar-refractivity contribution < 1.29 is 9.53 Å². The second-order valence-corrected chi connectivity index (χ2v) is 7.03. The highest BCUT2D eigenvalue weighted by atomic mass is 32.1. The van der Waals surface area contributed by atoms with Gasteiger partial charge in [0.25, 0.3) is 0 Å². The van der Waals surface area contributed by atoms with Gasteiger partial charge >= 0.3 is 0 Å². The first-order chi connectivity index (χ1) is 10.6. The number of amides is 1. The topological polar surface area (TPSA) is 57.7 Å². The first kappa shape index (κ1) is 15.9. The number of morpholine rings is 1. The van der Waals surface area contributed by atoms with Crippen LogP contribution >= 0.6 is 11.3 Å². The molecule has 0 unspecified atom stereocenters. The van der Waals surface area contributed by atoms with Gasteiger partial charge in [0.05, 0.1) is 23.4 Å². The van der Waals surface area contributed by atoms with Crippen LogP contribution in [0.5, 0.6) is 0 Å². The van der Waals surface area contributed by atoms with Crippen molar-refractivity contribution in [1.82, 2.24) is 20.1 Å². The minimum absolute atomic E-state index is 0.0442. The van der Waals surface area contributed by atoms with Crippen LogP contribution in [0.1, 0.15) is 17.6 Å². The number of piperazine rings is 1. The summed E-state index contributed by atoms with van der Waals surface area (Å²) in [6.45, 7) is 9.71. The van der Waals surface area contributed by atoms with E-state index in [1.54, 1.807) is 11.3 Å². The van der Waals surface area contributed by atoms with Crippen LogP contribution in [0, 0.1) is 6.92 Å². The second-order valence-electron chi connectivity index (χ2n) is 5.97. The van der Waals surface area contributed by atoms with Crippen molar-refractivity contribution >= 4 is 17.2 Å². The Morgan fingerprint density at radius 2 is 2.23 bits per heavy atom. The van der Waals surface area contributed by atoms with E-state index < -0.39 is 0 Å². The van der Waals surface area contributed by atoms with E-state index in [9.17, 15) is 4.79 Å². The predicted octanol–water partition coefficient (Wildman–Crippen LogP) is 0.473. The summed E-state index contributed by atoms with van der Waals surface area (Å²) in [5, 5.41) is 6.52. The maximum Gasteiger partial charge on any atom is 0.242 e. The summed E-state index contributed by atoms with van der Waals surface area (Å²) < 4.78 is 5.58. The van der Waals surface area contributed by atoms with Crippen LogP contribution in [0.15, 0.2) is 5.38 Å². The molecule has 22 heavy (non-hydrogen) atoms. The van der Waals surface area contributed by atoms with Crippen molar-refractivity contribution in [3.8, 4) is 0 Å². The van der Waals surface area contributed by atoms with E-state index >= 15 is 0 Å². The molecule has 3 rings (SSSR count). The van der Waals surface area contributed by atoms with Crippen molar-refractivity contribution in [1.29, 1.82) is 0 Å². The molecule has 7 heteroatoms. The summed E-state index contributed by atoms with van der Waals surface area (Å²) in [5.74, 6) is 0.177. The van der Waals surface area contributed by atoms with Gasteiger partial charge in [-0.25, -0.2) is 4.98 Å². The van der Waals surface area contributed by atoms with E-state index in [-0.39, 0.29) is 18.1 Å². The second kappa shape index (κ2) is 7.04. The number of carbonyl (C=O) groups excluding carboxylic acids is 1. The third-order valence-electron chi connectivity index (χ3n) is 4.32. The molecule has 2 saturated heterocycles. The van der Waals surface area contributed by atoms with Crippen LogP contribution in [0.3, 0.4) is 0 Å². The lowest BCUT2D eigenvalue weighted by Gasteiger charge is -2.38. The standard InChI is InChI=1S/C15H24N4O2S/c1-11-14(16-3-8-21-11)15(20)19-6-4-18(5-7-19)9-13-10-22-12(2)17-13/h10-11,14,16H,3-9H2,1-2H3/t11-,14+/m1/s1. The fourth-order valence-corrected chi connectivity index (χ4v) is 3.65. The molecular formula is C15H24N4O2S. The van der Waals surface area contributed by atoms with Crippen LogP contribution in [-0.2, 0) is 16.1 Å². The van der Waals surface area contributed by atoms with Gasteiger partial charge < -0.3 is 15.0 Å². The number of ether oxygens (including phenoxy) is 1. The van der Waals surface area contributed by atoms with Crippen LogP contribution in [-0.4, -0.2) is 72.2 Å². The van der Waals surface area contributed by atoms with Crippen molar-refractivity contribution in [2.75, 3.05) is 39.3 Å². The lowest BCUT2D eigenvalue weighted by molar-refractivity contribution is -0.141. The quantitative estimate of drug-likeness (QED) is 0.876. The van der Waals surface area contributed by atoms with Crippen LogP contribution in [0.2, 0.25) is 0 Å². The molecule has 2 atom stereocenters. The molecule has 2 fully saturated rings. The molecule has 0 aromatic carbocycles. The molecule has 2 aliphatic rings. The number of aromatic nitrogens is 1. The average Bonchev–Trinajstić information content (AvgIpc) is 2.93. The number of aryl methyl sites for hydroxylation is 1. The van der Waals surface area contributed by atoms with Crippen LogP contribution < -0.4 is 5.32 Å². The fourth-order valence-electron chi connectivity index (χ4n) is 3.04. The Balaban J connectivity index is 1.49. The normalized spacial score (nSPS) is 27.1. The van der Waals surface area contributed by atoms with Crippen LogP contribution in [0.4, 0.5) is 0 Å². The molecule has 0 aliphatic carbocycles. The van der Waals surface area contributed by atoms with Gasteiger partial charge in [-0.05, 0) is 13.8 Å².